The van der Waals surface area contributed by atoms with Crippen molar-refractivity contribution in [1.29, 1.82) is 0 Å². The summed E-state index contributed by atoms with van der Waals surface area (Å²) in [4.78, 5) is 24.8. The third kappa shape index (κ3) is 593. The van der Waals surface area contributed by atoms with Gasteiger partial charge >= 0.3 is 21.1 Å². The third-order valence-electron chi connectivity index (χ3n) is 0. The molecule has 0 rings (SSSR count). The van der Waals surface area contributed by atoms with Crippen molar-refractivity contribution in [1.82, 2.24) is 24.6 Å². The van der Waals surface area contributed by atoms with E-state index >= 15 is 0 Å². The second-order valence-corrected chi connectivity index (χ2v) is 0.671. The zero-order valence-corrected chi connectivity index (χ0v) is 10.4. The molecule has 0 amide bonds. The fourth-order valence-corrected chi connectivity index (χ4v) is 0. The molecule has 0 aromatic heterocycles. The van der Waals surface area contributed by atoms with Gasteiger partial charge in [-0.05, 0) is 0 Å². The molecule has 0 aliphatic carbocycles. The van der Waals surface area contributed by atoms with E-state index in [1.54, 1.807) is 0 Å². The maximum atomic E-state index is 8.25. The van der Waals surface area contributed by atoms with E-state index in [0.29, 0.717) is 0 Å². The molecule has 0 spiro atoms. The molecular weight excluding hydrogens is 437 g/mol. The van der Waals surface area contributed by atoms with Crippen LogP contribution in [0.5, 0.6) is 0 Å². The molecule has 0 atom stereocenters. The van der Waals surface area contributed by atoms with Crippen molar-refractivity contribution in [2.45, 2.75) is 0 Å². The quantitative estimate of drug-likeness (QED) is 0.278. The minimum absolute atomic E-state index is 0. The predicted octanol–water partition coefficient (Wildman–Crippen LogP) is -0.0718. The van der Waals surface area contributed by atoms with E-state index < -0.39 is 15.3 Å². The van der Waals surface area contributed by atoms with Crippen LogP contribution < -0.4 is 24.6 Å². The van der Waals surface area contributed by atoms with Crippen LogP contribution in [0.3, 0.4) is 0 Å². The van der Waals surface area contributed by atoms with Gasteiger partial charge in [-0.25, -0.2) is 0 Å². The molecule has 0 aliphatic heterocycles. The fourth-order valence-electron chi connectivity index (χ4n) is 0. The molecule has 12 N–H and O–H groups in total. The van der Waals surface area contributed by atoms with Crippen molar-refractivity contribution >= 4 is 0 Å². The molecule has 0 fully saturated rings. The monoisotopic (exact) mass is 449 g/mol. The summed E-state index contributed by atoms with van der Waals surface area (Å²) in [5.74, 6) is 0. The first-order valence-electron chi connectivity index (χ1n) is 1.64. The van der Waals surface area contributed by atoms with Crippen molar-refractivity contribution in [2.75, 3.05) is 0 Å². The number of rotatable bonds is 0. The summed E-state index contributed by atoms with van der Waals surface area (Å²) >= 11 is 0. The molecule has 17 heavy (non-hydrogen) atoms. The first-order valence-corrected chi connectivity index (χ1v) is 1.64. The average Bonchev–Trinajstić information content (AvgIpc) is 1.54. The number of hydrogen-bond donors (Lipinski definition) is 4. The number of nitrogens with zero attached hydrogens (tertiary/aromatic N) is 3. The van der Waals surface area contributed by atoms with E-state index in [0.717, 1.165) is 0 Å². The molecule has 0 saturated heterocycles. The van der Waals surface area contributed by atoms with Crippen LogP contribution in [0, 0.1) is 46.0 Å². The van der Waals surface area contributed by atoms with Crippen molar-refractivity contribution in [3.05, 3.63) is 46.0 Å². The van der Waals surface area contributed by atoms with E-state index in [2.05, 4.69) is 0 Å². The Kier molecular flexibility index (Phi) is 168. The Morgan fingerprint density at radius 2 is 0.471 bits per heavy atom. The fraction of sp³-hybridized carbons (Fsp3) is 0. The molecular formula is H12N7O9Pt. The summed E-state index contributed by atoms with van der Waals surface area (Å²) in [5, 5.41) is 44.2. The second kappa shape index (κ2) is 47.9. The van der Waals surface area contributed by atoms with Gasteiger partial charge < -0.3 is 70.6 Å². The zero-order chi connectivity index (χ0) is 10.7. The van der Waals surface area contributed by atoms with Crippen LogP contribution >= 0.6 is 0 Å². The Labute approximate surface area is 108 Å². The normalized spacial score (nSPS) is 4.24. The number of hydrogen-bond acceptors (Lipinski definition) is 13. The summed E-state index contributed by atoms with van der Waals surface area (Å²) in [6, 6.07) is 0. The maximum absolute atomic E-state index is 8.25. The van der Waals surface area contributed by atoms with E-state index in [-0.39, 0.29) is 45.7 Å². The molecule has 17 heteroatoms. The van der Waals surface area contributed by atoms with E-state index in [4.69, 9.17) is 46.0 Å². The molecule has 0 aromatic carbocycles. The molecule has 0 unspecified atom stereocenters. The Balaban J connectivity index is -0.0000000104. The third-order valence-corrected chi connectivity index (χ3v) is 0. The van der Waals surface area contributed by atoms with E-state index in [1.165, 1.54) is 0 Å². The Hall–Kier alpha value is -1.87. The Morgan fingerprint density at radius 3 is 0.471 bits per heavy atom. The smallest absolute Gasteiger partial charge is 0.356 e. The van der Waals surface area contributed by atoms with Gasteiger partial charge in [0.2, 0.25) is 0 Å². The van der Waals surface area contributed by atoms with Gasteiger partial charge in [-0.1, -0.05) is 0 Å². The summed E-state index contributed by atoms with van der Waals surface area (Å²) in [6.07, 6.45) is 0. The average molecular weight is 449 g/mol. The summed E-state index contributed by atoms with van der Waals surface area (Å²) < 4.78 is 0. The molecule has 0 bridgehead atoms. The van der Waals surface area contributed by atoms with Crippen molar-refractivity contribution in [3.63, 3.8) is 0 Å². The van der Waals surface area contributed by atoms with Crippen LogP contribution in [-0.4, -0.2) is 15.3 Å². The SMILES string of the molecule is N.N.N.N.O=[N+]([O-])[O-].O=[N+]([O-])[O-].O=[N+]([O-])[O-].[Pt+3]. The van der Waals surface area contributed by atoms with Crippen LogP contribution in [0.4, 0.5) is 0 Å². The van der Waals surface area contributed by atoms with E-state index in [9.17, 15) is 0 Å². The van der Waals surface area contributed by atoms with Crippen LogP contribution in [0.2, 0.25) is 0 Å². The van der Waals surface area contributed by atoms with Crippen LogP contribution in [-0.2, 0) is 21.1 Å². The van der Waals surface area contributed by atoms with Crippen molar-refractivity contribution in [2.24, 2.45) is 0 Å². The van der Waals surface area contributed by atoms with Crippen molar-refractivity contribution in [3.8, 4) is 0 Å². The van der Waals surface area contributed by atoms with Gasteiger partial charge in [0.15, 0.2) is 0 Å². The molecule has 0 aliphatic rings. The largest absolute Gasteiger partial charge is 3.00 e. The van der Waals surface area contributed by atoms with Crippen LogP contribution in [0.25, 0.3) is 0 Å². The van der Waals surface area contributed by atoms with Gasteiger partial charge in [-0.3, -0.25) is 0 Å². The molecule has 1 radical (unpaired) electrons. The van der Waals surface area contributed by atoms with Crippen molar-refractivity contribution < 1.29 is 36.3 Å². The predicted molar refractivity (Wildman–Crippen MR) is 51.2 cm³/mol. The minimum Gasteiger partial charge on any atom is -0.356 e. The topological polar surface area (TPSA) is 339 Å². The summed E-state index contributed by atoms with van der Waals surface area (Å²) in [6.45, 7) is 0. The van der Waals surface area contributed by atoms with E-state index in [1.807, 2.05) is 0 Å². The van der Waals surface area contributed by atoms with Crippen LogP contribution in [0.1, 0.15) is 0 Å². The molecule has 16 nitrogen and oxygen atoms in total. The first kappa shape index (κ1) is 59.4. The molecule has 0 saturated carbocycles. The molecule has 111 valence electrons. The summed E-state index contributed by atoms with van der Waals surface area (Å²) in [5.41, 5.74) is 0. The molecule has 0 heterocycles. The van der Waals surface area contributed by atoms with Crippen LogP contribution in [0.15, 0.2) is 0 Å². The second-order valence-electron chi connectivity index (χ2n) is 0.671. The zero-order valence-electron chi connectivity index (χ0n) is 8.16. The minimum atomic E-state index is -1.75. The van der Waals surface area contributed by atoms with Gasteiger partial charge in [0.05, 0.1) is 15.3 Å². The Morgan fingerprint density at radius 1 is 0.471 bits per heavy atom. The Bertz CT molecular complexity index is 119. The van der Waals surface area contributed by atoms with Gasteiger partial charge in [0.1, 0.15) is 0 Å². The summed E-state index contributed by atoms with van der Waals surface area (Å²) in [7, 11) is 0. The molecule has 0 aromatic rings. The van der Waals surface area contributed by atoms with Gasteiger partial charge in [-0.15, -0.1) is 0 Å². The standard InChI is InChI=1S/3NO3.4H3N.Pt/c3*2-1(3)4;;;;;/h;;;4*1H3;/q3*-1;;;;;+3. The first-order chi connectivity index (χ1) is 5.20. The maximum Gasteiger partial charge on any atom is 3.00 e. The van der Waals surface area contributed by atoms with Gasteiger partial charge in [0.25, 0.3) is 0 Å². The van der Waals surface area contributed by atoms with Gasteiger partial charge in [-0.2, -0.15) is 0 Å². The van der Waals surface area contributed by atoms with Gasteiger partial charge in [0, 0.05) is 0 Å².